The lowest BCUT2D eigenvalue weighted by molar-refractivity contribution is -0.157. The normalized spacial score (nSPS) is 31.4. The van der Waals surface area contributed by atoms with Crippen LogP contribution in [0.2, 0.25) is 0 Å². The van der Waals surface area contributed by atoms with Gasteiger partial charge in [-0.05, 0) is 43.4 Å². The number of nitrogens with one attached hydrogen (secondary N) is 1. The molecule has 2 heterocycles. The minimum absolute atomic E-state index is 0.0596. The first-order valence-corrected chi connectivity index (χ1v) is 14.1. The molecule has 9 heteroatoms. The largest absolute Gasteiger partial charge is 0.467 e. The van der Waals surface area contributed by atoms with Crippen LogP contribution in [0.15, 0.2) is 0 Å². The zero-order valence-corrected chi connectivity index (χ0v) is 23.1. The molecule has 2 bridgehead atoms. The summed E-state index contributed by atoms with van der Waals surface area (Å²) in [6.07, 6.45) is 9.84. The molecule has 2 saturated heterocycles. The Hall–Kier alpha value is -2.32. The van der Waals surface area contributed by atoms with Crippen LogP contribution >= 0.6 is 0 Å². The first kappa shape index (κ1) is 29.2. The zero-order chi connectivity index (χ0) is 27.0. The summed E-state index contributed by atoms with van der Waals surface area (Å²) in [5.74, 6) is -1.56. The Morgan fingerprint density at radius 1 is 0.973 bits per heavy atom. The second-order valence-electron chi connectivity index (χ2n) is 12.0. The number of ether oxygens (including phenoxy) is 3. The molecule has 1 saturated carbocycles. The number of methoxy groups -OCH3 is 1. The van der Waals surface area contributed by atoms with Gasteiger partial charge >= 0.3 is 18.0 Å². The van der Waals surface area contributed by atoms with Crippen LogP contribution in [-0.4, -0.2) is 67.3 Å². The van der Waals surface area contributed by atoms with Gasteiger partial charge in [0.05, 0.1) is 32.1 Å². The Labute approximate surface area is 221 Å². The maximum atomic E-state index is 13.7. The van der Waals surface area contributed by atoms with E-state index in [1.165, 1.54) is 12.0 Å². The van der Waals surface area contributed by atoms with Gasteiger partial charge in [0.25, 0.3) is 0 Å². The number of hydrogen-bond acceptors (Lipinski definition) is 7. The van der Waals surface area contributed by atoms with Gasteiger partial charge in [-0.15, -0.1) is 0 Å². The van der Waals surface area contributed by atoms with Crippen molar-refractivity contribution in [1.29, 1.82) is 0 Å². The quantitative estimate of drug-likeness (QED) is 0.402. The summed E-state index contributed by atoms with van der Waals surface area (Å²) in [6.45, 7) is 6.21. The number of esters is 2. The summed E-state index contributed by atoms with van der Waals surface area (Å²) < 4.78 is 16.4. The van der Waals surface area contributed by atoms with Gasteiger partial charge in [0, 0.05) is 13.0 Å². The number of amides is 2. The SMILES string of the molecule is COC(=O)[C@@H]1C[C@@H]2CN1C(=O)[C@H](C(C)(C)C)CC(=O)OCCCCCCCC1CCCCC1OC(=O)N2. The third kappa shape index (κ3) is 8.34. The number of fused-ring (bicyclic) bond motifs is 3. The van der Waals surface area contributed by atoms with E-state index in [4.69, 9.17) is 14.2 Å². The molecule has 0 radical (unpaired) electrons. The molecule has 3 fully saturated rings. The van der Waals surface area contributed by atoms with Gasteiger partial charge < -0.3 is 24.4 Å². The highest BCUT2D eigenvalue weighted by Crippen LogP contribution is 2.34. The lowest BCUT2D eigenvalue weighted by Gasteiger charge is -2.34. The highest BCUT2D eigenvalue weighted by molar-refractivity contribution is 5.89. The van der Waals surface area contributed by atoms with Gasteiger partial charge in [-0.2, -0.15) is 0 Å². The highest BCUT2D eigenvalue weighted by Gasteiger charge is 2.46. The molecular weight excluding hydrogens is 476 g/mol. The van der Waals surface area contributed by atoms with E-state index in [1.54, 1.807) is 0 Å². The topological polar surface area (TPSA) is 111 Å². The van der Waals surface area contributed by atoms with Crippen LogP contribution in [0.4, 0.5) is 4.79 Å². The second kappa shape index (κ2) is 13.5. The highest BCUT2D eigenvalue weighted by atomic mass is 16.6. The lowest BCUT2D eigenvalue weighted by Crippen LogP contribution is -2.48. The van der Waals surface area contributed by atoms with Crippen molar-refractivity contribution in [2.45, 2.75) is 116 Å². The predicted octanol–water partition coefficient (Wildman–Crippen LogP) is 4.36. The summed E-state index contributed by atoms with van der Waals surface area (Å²) in [5, 5.41) is 2.90. The molecule has 5 atom stereocenters. The van der Waals surface area contributed by atoms with E-state index in [2.05, 4.69) is 5.32 Å². The molecule has 9 nitrogen and oxygen atoms in total. The van der Waals surface area contributed by atoms with Crippen LogP contribution in [0.5, 0.6) is 0 Å². The first-order chi connectivity index (χ1) is 17.6. The van der Waals surface area contributed by atoms with Gasteiger partial charge in [0.1, 0.15) is 12.1 Å². The Kier molecular flexibility index (Phi) is 10.6. The summed E-state index contributed by atoms with van der Waals surface area (Å²) in [6, 6.07) is -1.28. The molecule has 2 unspecified atom stereocenters. The van der Waals surface area contributed by atoms with Crippen molar-refractivity contribution < 1.29 is 33.4 Å². The third-order valence-corrected chi connectivity index (χ3v) is 8.17. The van der Waals surface area contributed by atoms with Crippen LogP contribution < -0.4 is 5.32 Å². The average molecular weight is 523 g/mol. The standard InChI is InChI=1S/C28H46N2O7/c1-28(2,3)21-17-24(31)36-15-11-7-5-6-8-12-19-13-9-10-14-23(19)37-27(34)29-20-16-22(26(33)35-4)30(18-20)25(21)32/h19-23H,5-18H2,1-4H3,(H,29,34)/t19?,20-,21-,22+,23?/m1/s1. The molecular formula is C28H46N2O7. The van der Waals surface area contributed by atoms with Gasteiger partial charge in [-0.1, -0.05) is 52.9 Å². The molecule has 2 aliphatic heterocycles. The average Bonchev–Trinajstić information content (AvgIpc) is 3.26. The van der Waals surface area contributed by atoms with Gasteiger partial charge in [-0.3, -0.25) is 9.59 Å². The van der Waals surface area contributed by atoms with Crippen molar-refractivity contribution in [3.05, 3.63) is 0 Å². The molecule has 0 aromatic rings. The number of nitrogens with zero attached hydrogens (tertiary/aromatic N) is 1. The van der Waals surface area contributed by atoms with E-state index in [0.29, 0.717) is 12.5 Å². The molecule has 0 spiro atoms. The fourth-order valence-corrected chi connectivity index (χ4v) is 5.96. The molecule has 3 rings (SSSR count). The van der Waals surface area contributed by atoms with E-state index in [0.717, 1.165) is 64.2 Å². The smallest absolute Gasteiger partial charge is 0.407 e. The van der Waals surface area contributed by atoms with Crippen molar-refractivity contribution in [2.24, 2.45) is 17.3 Å². The van der Waals surface area contributed by atoms with Crippen LogP contribution in [-0.2, 0) is 28.6 Å². The zero-order valence-electron chi connectivity index (χ0n) is 23.1. The van der Waals surface area contributed by atoms with E-state index in [9.17, 15) is 19.2 Å². The maximum Gasteiger partial charge on any atom is 0.407 e. The number of carbonyl (C=O) groups is 4. The molecule has 3 aliphatic rings. The summed E-state index contributed by atoms with van der Waals surface area (Å²) >= 11 is 0. The molecule has 2 amide bonds. The van der Waals surface area contributed by atoms with E-state index in [1.807, 2.05) is 20.8 Å². The maximum absolute atomic E-state index is 13.7. The second-order valence-corrected chi connectivity index (χ2v) is 12.0. The number of alkyl carbamates (subject to hydrolysis) is 1. The fraction of sp³-hybridized carbons (Fsp3) is 0.857. The van der Waals surface area contributed by atoms with E-state index in [-0.39, 0.29) is 31.4 Å². The Bertz CT molecular complexity index is 809. The molecule has 210 valence electrons. The van der Waals surface area contributed by atoms with Crippen molar-refractivity contribution >= 4 is 23.9 Å². The van der Waals surface area contributed by atoms with Crippen molar-refractivity contribution in [3.8, 4) is 0 Å². The molecule has 0 aromatic carbocycles. The molecule has 1 aliphatic carbocycles. The fourth-order valence-electron chi connectivity index (χ4n) is 5.96. The summed E-state index contributed by atoms with van der Waals surface area (Å²) in [7, 11) is 1.29. The molecule has 0 aromatic heterocycles. The van der Waals surface area contributed by atoms with Crippen LogP contribution in [0.3, 0.4) is 0 Å². The predicted molar refractivity (Wildman–Crippen MR) is 138 cm³/mol. The number of carbonyl (C=O) groups excluding carboxylic acids is 4. The van der Waals surface area contributed by atoms with E-state index < -0.39 is 41.4 Å². The Balaban J connectivity index is 1.79. The van der Waals surface area contributed by atoms with Gasteiger partial charge in [0.15, 0.2) is 0 Å². The minimum Gasteiger partial charge on any atom is -0.467 e. The number of hydrogen-bond donors (Lipinski definition) is 1. The van der Waals surface area contributed by atoms with Crippen LogP contribution in [0, 0.1) is 17.3 Å². The van der Waals surface area contributed by atoms with E-state index >= 15 is 0 Å². The minimum atomic E-state index is -0.833. The summed E-state index contributed by atoms with van der Waals surface area (Å²) in [5.41, 5.74) is -0.534. The molecule has 1 N–H and O–H groups in total. The third-order valence-electron chi connectivity index (χ3n) is 8.17. The van der Waals surface area contributed by atoms with Crippen molar-refractivity contribution in [1.82, 2.24) is 10.2 Å². The Morgan fingerprint density at radius 3 is 2.32 bits per heavy atom. The van der Waals surface area contributed by atoms with Crippen LogP contribution in [0.25, 0.3) is 0 Å². The number of rotatable bonds is 1. The van der Waals surface area contributed by atoms with Crippen LogP contribution in [0.1, 0.15) is 97.8 Å². The van der Waals surface area contributed by atoms with Gasteiger partial charge in [-0.25, -0.2) is 9.59 Å². The van der Waals surface area contributed by atoms with Crippen molar-refractivity contribution in [2.75, 3.05) is 20.3 Å². The molecule has 37 heavy (non-hydrogen) atoms. The Morgan fingerprint density at radius 2 is 1.62 bits per heavy atom. The van der Waals surface area contributed by atoms with Crippen molar-refractivity contribution in [3.63, 3.8) is 0 Å². The van der Waals surface area contributed by atoms with Gasteiger partial charge in [0.2, 0.25) is 5.91 Å². The first-order valence-electron chi connectivity index (χ1n) is 14.1. The summed E-state index contributed by atoms with van der Waals surface area (Å²) in [4.78, 5) is 53.4. The lowest BCUT2D eigenvalue weighted by atomic mass is 9.77. The monoisotopic (exact) mass is 522 g/mol. The number of cyclic esters (lactones) is 1.